The molecular weight excluding hydrogens is 426 g/mol. The molecule has 2 aromatic carbocycles. The minimum atomic E-state index is -0.917. The third kappa shape index (κ3) is 6.03. The van der Waals surface area contributed by atoms with Crippen LogP contribution in [0.3, 0.4) is 0 Å². The van der Waals surface area contributed by atoms with Crippen LogP contribution in [0.1, 0.15) is 33.6 Å². The quantitative estimate of drug-likeness (QED) is 0.202. The third-order valence-electron chi connectivity index (χ3n) is 5.29. The lowest BCUT2D eigenvalue weighted by atomic mass is 10.1. The number of ether oxygens (including phenoxy) is 1. The highest BCUT2D eigenvalue weighted by molar-refractivity contribution is 7.99. The Morgan fingerprint density at radius 1 is 1.09 bits per heavy atom. The van der Waals surface area contributed by atoms with Gasteiger partial charge in [0.25, 0.3) is 5.91 Å². The molecule has 0 spiro atoms. The molecule has 7 nitrogen and oxygen atoms in total. The zero-order valence-corrected chi connectivity index (χ0v) is 19.6. The van der Waals surface area contributed by atoms with Crippen molar-refractivity contribution in [3.63, 3.8) is 0 Å². The summed E-state index contributed by atoms with van der Waals surface area (Å²) in [5.41, 5.74) is 3.52. The van der Waals surface area contributed by atoms with E-state index in [1.807, 2.05) is 24.3 Å². The van der Waals surface area contributed by atoms with Gasteiger partial charge in [-0.1, -0.05) is 37.6 Å². The molecule has 2 aromatic rings. The monoisotopic (exact) mass is 457 g/mol. The number of benzene rings is 2. The first-order chi connectivity index (χ1) is 15.3. The molecular formula is C24H31N3O4S. The van der Waals surface area contributed by atoms with Gasteiger partial charge in [-0.15, -0.1) is 11.8 Å². The first-order valence-electron chi connectivity index (χ1n) is 10.8. The molecule has 32 heavy (non-hydrogen) atoms. The molecule has 1 aliphatic rings. The van der Waals surface area contributed by atoms with E-state index in [-0.39, 0.29) is 12.5 Å². The van der Waals surface area contributed by atoms with E-state index in [1.165, 1.54) is 0 Å². The van der Waals surface area contributed by atoms with Crippen LogP contribution in [-0.2, 0) is 4.79 Å². The van der Waals surface area contributed by atoms with Crippen LogP contribution in [0.25, 0.3) is 11.1 Å². The summed E-state index contributed by atoms with van der Waals surface area (Å²) in [7, 11) is 0. The Morgan fingerprint density at radius 3 is 2.25 bits per heavy atom. The molecule has 1 heterocycles. The van der Waals surface area contributed by atoms with E-state index in [2.05, 4.69) is 42.0 Å². The van der Waals surface area contributed by atoms with E-state index < -0.39 is 17.6 Å². The summed E-state index contributed by atoms with van der Waals surface area (Å²) >= 11 is 1.54. The summed E-state index contributed by atoms with van der Waals surface area (Å²) in [5, 5.41) is 12.2. The van der Waals surface area contributed by atoms with E-state index in [0.29, 0.717) is 5.75 Å². The molecule has 3 rings (SSSR count). The molecule has 1 saturated heterocycles. The number of nitrogens with zero attached hydrogens (tertiary/aromatic N) is 1. The van der Waals surface area contributed by atoms with Crippen molar-refractivity contribution in [1.29, 1.82) is 0 Å². The maximum Gasteiger partial charge on any atom is 0.325 e. The summed E-state index contributed by atoms with van der Waals surface area (Å²) in [6.45, 7) is 6.31. The Labute approximate surface area is 193 Å². The summed E-state index contributed by atoms with van der Waals surface area (Å²) in [6, 6.07) is 15.4. The number of unbranched alkanes of at least 4 members (excludes halogenated alkanes) is 1. The lowest BCUT2D eigenvalue weighted by Crippen LogP contribution is -2.45. The first-order valence-corrected chi connectivity index (χ1v) is 11.8. The number of thioether (sulfide) groups is 1. The number of nitrogens with one attached hydrogen (secondary N) is 2. The van der Waals surface area contributed by atoms with Gasteiger partial charge in [0.2, 0.25) is 0 Å². The highest BCUT2D eigenvalue weighted by atomic mass is 32.2. The minimum Gasteiger partial charge on any atom is -0.494 e. The number of hydroxylamine groups is 1. The second-order valence-corrected chi connectivity index (χ2v) is 9.45. The maximum absolute atomic E-state index is 12.3. The third-order valence-corrected chi connectivity index (χ3v) is 6.46. The maximum atomic E-state index is 12.3. The van der Waals surface area contributed by atoms with E-state index >= 15 is 0 Å². The van der Waals surface area contributed by atoms with Gasteiger partial charge in [-0.2, -0.15) is 5.48 Å². The van der Waals surface area contributed by atoms with Gasteiger partial charge < -0.3 is 15.3 Å². The smallest absolute Gasteiger partial charge is 0.325 e. The lowest BCUT2D eigenvalue weighted by Gasteiger charge is -2.21. The molecule has 1 atom stereocenters. The molecule has 8 heteroatoms. The number of urea groups is 1. The number of rotatable bonds is 11. The van der Waals surface area contributed by atoms with Crippen molar-refractivity contribution in [2.45, 2.75) is 50.1 Å². The highest BCUT2D eigenvalue weighted by Crippen LogP contribution is 2.27. The van der Waals surface area contributed by atoms with Gasteiger partial charge in [-0.25, -0.2) is 4.79 Å². The van der Waals surface area contributed by atoms with Gasteiger partial charge in [0.15, 0.2) is 0 Å². The first kappa shape index (κ1) is 24.1. The van der Waals surface area contributed by atoms with Crippen molar-refractivity contribution in [2.75, 3.05) is 18.9 Å². The Balaban J connectivity index is 1.54. The normalized spacial score (nSPS) is 16.2. The average Bonchev–Trinajstić information content (AvgIpc) is 2.98. The standard InChI is InChI=1S/C24H31N3O4S/c1-4-5-14-31-20-10-6-17(7-11-20)18-8-12-21(13-9-18)32-16-19(26-30)15-27-22(28)24(2,3)25-23(27)29/h6-13,19,26,30H,4-5,14-16H2,1-3H3,(H,25,29). The Bertz CT molecular complexity index is 916. The molecule has 3 amide bonds. The second-order valence-electron chi connectivity index (χ2n) is 8.36. The lowest BCUT2D eigenvalue weighted by molar-refractivity contribution is -0.130. The molecule has 1 unspecified atom stereocenters. The van der Waals surface area contributed by atoms with Crippen LogP contribution in [0.5, 0.6) is 5.75 Å². The number of hydrogen-bond acceptors (Lipinski definition) is 6. The van der Waals surface area contributed by atoms with E-state index in [4.69, 9.17) is 4.74 Å². The van der Waals surface area contributed by atoms with Gasteiger partial charge in [0.1, 0.15) is 11.3 Å². The Morgan fingerprint density at radius 2 is 1.72 bits per heavy atom. The number of amides is 3. The predicted molar refractivity (Wildman–Crippen MR) is 126 cm³/mol. The SMILES string of the molecule is CCCCOc1ccc(-c2ccc(SCC(CN3C(=O)NC(C)(C)C3=O)NO)cc2)cc1. The van der Waals surface area contributed by atoms with Crippen molar-refractivity contribution < 1.29 is 19.5 Å². The molecule has 0 saturated carbocycles. The zero-order valence-electron chi connectivity index (χ0n) is 18.8. The summed E-state index contributed by atoms with van der Waals surface area (Å²) in [5.74, 6) is 1.08. The molecule has 0 aromatic heterocycles. The summed E-state index contributed by atoms with van der Waals surface area (Å²) in [6.07, 6.45) is 2.16. The fraction of sp³-hybridized carbons (Fsp3) is 0.417. The van der Waals surface area contributed by atoms with Gasteiger partial charge >= 0.3 is 6.03 Å². The Kier molecular flexibility index (Phi) is 8.17. The number of hydrogen-bond donors (Lipinski definition) is 3. The van der Waals surface area contributed by atoms with Crippen molar-refractivity contribution in [2.24, 2.45) is 0 Å². The topological polar surface area (TPSA) is 90.9 Å². The molecule has 0 radical (unpaired) electrons. The average molecular weight is 458 g/mol. The van der Waals surface area contributed by atoms with Gasteiger partial charge in [0, 0.05) is 17.2 Å². The van der Waals surface area contributed by atoms with Crippen LogP contribution in [0.4, 0.5) is 4.79 Å². The molecule has 0 aliphatic carbocycles. The molecule has 1 fully saturated rings. The van der Waals surface area contributed by atoms with Gasteiger partial charge in [0.05, 0.1) is 12.6 Å². The van der Waals surface area contributed by atoms with Crippen LogP contribution in [0.2, 0.25) is 0 Å². The number of imide groups is 1. The molecule has 172 valence electrons. The van der Waals surface area contributed by atoms with Crippen molar-refractivity contribution in [3.8, 4) is 16.9 Å². The molecule has 0 bridgehead atoms. The predicted octanol–water partition coefficient (Wildman–Crippen LogP) is 4.30. The van der Waals surface area contributed by atoms with Crippen molar-refractivity contribution in [3.05, 3.63) is 48.5 Å². The number of carbonyl (C=O) groups is 2. The van der Waals surface area contributed by atoms with Crippen LogP contribution < -0.4 is 15.5 Å². The Hall–Kier alpha value is -2.55. The van der Waals surface area contributed by atoms with Gasteiger partial charge in [-0.05, 0) is 55.7 Å². The van der Waals surface area contributed by atoms with Crippen LogP contribution in [-0.4, -0.2) is 52.5 Å². The second kappa shape index (κ2) is 10.8. The van der Waals surface area contributed by atoms with E-state index in [1.54, 1.807) is 25.6 Å². The zero-order chi connectivity index (χ0) is 23.1. The van der Waals surface area contributed by atoms with Crippen molar-refractivity contribution in [1.82, 2.24) is 15.7 Å². The van der Waals surface area contributed by atoms with Crippen LogP contribution >= 0.6 is 11.8 Å². The van der Waals surface area contributed by atoms with Gasteiger partial charge in [-0.3, -0.25) is 9.69 Å². The van der Waals surface area contributed by atoms with E-state index in [0.717, 1.165) is 46.1 Å². The van der Waals surface area contributed by atoms with Crippen LogP contribution in [0, 0.1) is 0 Å². The minimum absolute atomic E-state index is 0.0996. The summed E-state index contributed by atoms with van der Waals surface area (Å²) < 4.78 is 5.71. The van der Waals surface area contributed by atoms with Crippen LogP contribution in [0.15, 0.2) is 53.4 Å². The van der Waals surface area contributed by atoms with Crippen molar-refractivity contribution >= 4 is 23.7 Å². The largest absolute Gasteiger partial charge is 0.494 e. The van der Waals surface area contributed by atoms with E-state index in [9.17, 15) is 14.8 Å². The molecule has 3 N–H and O–H groups in total. The summed E-state index contributed by atoms with van der Waals surface area (Å²) in [4.78, 5) is 26.6. The fourth-order valence-corrected chi connectivity index (χ4v) is 4.26. The highest BCUT2D eigenvalue weighted by Gasteiger charge is 2.44. The fourth-order valence-electron chi connectivity index (χ4n) is 3.35. The number of carbonyl (C=O) groups excluding carboxylic acids is 2. The molecule has 1 aliphatic heterocycles.